The maximum absolute atomic E-state index is 5.40. The Kier molecular flexibility index (Phi) is 4.11. The molecular formula is C13H21N5O. The molecular weight excluding hydrogens is 242 g/mol. The van der Waals surface area contributed by atoms with Crippen LogP contribution in [0.1, 0.15) is 0 Å². The van der Waals surface area contributed by atoms with Crippen molar-refractivity contribution in [3.05, 3.63) is 18.2 Å². The van der Waals surface area contributed by atoms with Crippen molar-refractivity contribution in [3.63, 3.8) is 0 Å². The highest BCUT2D eigenvalue weighted by Crippen LogP contribution is 2.32. The molecule has 1 aromatic rings. The number of rotatable bonds is 3. The molecule has 1 fully saturated rings. The molecule has 0 bridgehead atoms. The van der Waals surface area contributed by atoms with Crippen molar-refractivity contribution in [2.24, 2.45) is 16.5 Å². The molecule has 0 saturated carbocycles. The molecule has 0 aromatic heterocycles. The van der Waals surface area contributed by atoms with Crippen LogP contribution in [0.15, 0.2) is 23.2 Å². The number of hydrogen-bond donors (Lipinski definition) is 2. The van der Waals surface area contributed by atoms with Gasteiger partial charge in [-0.1, -0.05) is 0 Å². The SMILES string of the molecule is COc1cc(N2CCN(C)CC2)ccc1N=C(N)N. The lowest BCUT2D eigenvalue weighted by atomic mass is 10.2. The molecule has 1 aromatic carbocycles. The van der Waals surface area contributed by atoms with Gasteiger partial charge in [0.25, 0.3) is 0 Å². The molecule has 6 heteroatoms. The lowest BCUT2D eigenvalue weighted by Crippen LogP contribution is -2.44. The lowest BCUT2D eigenvalue weighted by Gasteiger charge is -2.34. The zero-order valence-electron chi connectivity index (χ0n) is 11.5. The van der Waals surface area contributed by atoms with Gasteiger partial charge in [-0.3, -0.25) is 0 Å². The number of ether oxygens (including phenoxy) is 1. The average molecular weight is 263 g/mol. The van der Waals surface area contributed by atoms with Crippen molar-refractivity contribution in [1.29, 1.82) is 0 Å². The fraction of sp³-hybridized carbons (Fsp3) is 0.462. The molecule has 2 rings (SSSR count). The molecule has 19 heavy (non-hydrogen) atoms. The van der Waals surface area contributed by atoms with E-state index in [1.165, 1.54) is 0 Å². The van der Waals surface area contributed by atoms with E-state index in [1.54, 1.807) is 7.11 Å². The van der Waals surface area contributed by atoms with Crippen LogP contribution in [0.4, 0.5) is 11.4 Å². The summed E-state index contributed by atoms with van der Waals surface area (Å²) < 4.78 is 5.34. The maximum atomic E-state index is 5.40. The Bertz CT molecular complexity index is 462. The predicted octanol–water partition coefficient (Wildman–Crippen LogP) is 0.352. The Morgan fingerprint density at radius 3 is 2.47 bits per heavy atom. The van der Waals surface area contributed by atoms with Crippen molar-refractivity contribution in [3.8, 4) is 5.75 Å². The van der Waals surface area contributed by atoms with Gasteiger partial charge in [0.05, 0.1) is 7.11 Å². The van der Waals surface area contributed by atoms with Gasteiger partial charge >= 0.3 is 0 Å². The molecule has 1 saturated heterocycles. The van der Waals surface area contributed by atoms with Crippen LogP contribution in [-0.4, -0.2) is 51.2 Å². The van der Waals surface area contributed by atoms with Crippen molar-refractivity contribution in [2.45, 2.75) is 0 Å². The zero-order valence-corrected chi connectivity index (χ0v) is 11.5. The highest BCUT2D eigenvalue weighted by molar-refractivity contribution is 5.80. The number of nitrogens with two attached hydrogens (primary N) is 2. The second-order valence-corrected chi connectivity index (χ2v) is 4.68. The summed E-state index contributed by atoms with van der Waals surface area (Å²) in [5.74, 6) is 0.718. The van der Waals surface area contributed by atoms with Gasteiger partial charge < -0.3 is 26.0 Å². The van der Waals surface area contributed by atoms with Gasteiger partial charge in [0.2, 0.25) is 0 Å². The number of nitrogens with zero attached hydrogens (tertiary/aromatic N) is 3. The summed E-state index contributed by atoms with van der Waals surface area (Å²) in [6.45, 7) is 4.17. The van der Waals surface area contributed by atoms with Gasteiger partial charge in [0.15, 0.2) is 5.96 Å². The van der Waals surface area contributed by atoms with Gasteiger partial charge in [-0.15, -0.1) is 0 Å². The molecule has 0 radical (unpaired) electrons. The summed E-state index contributed by atoms with van der Waals surface area (Å²) in [4.78, 5) is 8.71. The van der Waals surface area contributed by atoms with E-state index in [0.717, 1.165) is 31.9 Å². The minimum absolute atomic E-state index is 0.0330. The molecule has 4 N–H and O–H groups in total. The Balaban J connectivity index is 2.21. The van der Waals surface area contributed by atoms with Crippen LogP contribution >= 0.6 is 0 Å². The first-order valence-electron chi connectivity index (χ1n) is 6.31. The van der Waals surface area contributed by atoms with Crippen molar-refractivity contribution < 1.29 is 4.74 Å². The number of piperazine rings is 1. The third-order valence-corrected chi connectivity index (χ3v) is 3.28. The summed E-state index contributed by atoms with van der Waals surface area (Å²) in [6.07, 6.45) is 0. The van der Waals surface area contributed by atoms with Gasteiger partial charge in [-0.2, -0.15) is 0 Å². The largest absolute Gasteiger partial charge is 0.494 e. The number of guanidine groups is 1. The molecule has 0 amide bonds. The third kappa shape index (κ3) is 3.29. The number of hydrogen-bond acceptors (Lipinski definition) is 4. The summed E-state index contributed by atoms with van der Waals surface area (Å²) in [7, 11) is 3.76. The molecule has 0 atom stereocenters. The molecule has 0 unspecified atom stereocenters. The number of methoxy groups -OCH3 is 1. The topological polar surface area (TPSA) is 80.1 Å². The van der Waals surface area contributed by atoms with Crippen LogP contribution in [0.2, 0.25) is 0 Å². The summed E-state index contributed by atoms with van der Waals surface area (Å²) >= 11 is 0. The lowest BCUT2D eigenvalue weighted by molar-refractivity contribution is 0.312. The highest BCUT2D eigenvalue weighted by Gasteiger charge is 2.15. The zero-order chi connectivity index (χ0) is 13.8. The van der Waals surface area contributed by atoms with E-state index in [0.29, 0.717) is 11.4 Å². The van der Waals surface area contributed by atoms with Crippen molar-refractivity contribution in [1.82, 2.24) is 4.90 Å². The van der Waals surface area contributed by atoms with Crippen molar-refractivity contribution in [2.75, 3.05) is 45.2 Å². The van der Waals surface area contributed by atoms with E-state index in [2.05, 4.69) is 21.8 Å². The van der Waals surface area contributed by atoms with Gasteiger partial charge in [-0.25, -0.2) is 4.99 Å². The molecule has 6 nitrogen and oxygen atoms in total. The van der Waals surface area contributed by atoms with Crippen LogP contribution in [0.5, 0.6) is 5.75 Å². The third-order valence-electron chi connectivity index (χ3n) is 3.28. The minimum Gasteiger partial charge on any atom is -0.494 e. The Labute approximate surface area is 113 Å². The van der Waals surface area contributed by atoms with E-state index < -0.39 is 0 Å². The summed E-state index contributed by atoms with van der Waals surface area (Å²) in [5, 5.41) is 0. The molecule has 0 aliphatic carbocycles. The van der Waals surface area contributed by atoms with E-state index in [4.69, 9.17) is 16.2 Å². The van der Waals surface area contributed by atoms with E-state index in [9.17, 15) is 0 Å². The Morgan fingerprint density at radius 1 is 1.21 bits per heavy atom. The molecule has 1 aliphatic rings. The molecule has 1 heterocycles. The van der Waals surface area contributed by atoms with Crippen LogP contribution in [-0.2, 0) is 0 Å². The first-order chi connectivity index (χ1) is 9.10. The van der Waals surface area contributed by atoms with Gasteiger partial charge in [0, 0.05) is 37.9 Å². The van der Waals surface area contributed by atoms with Gasteiger partial charge in [0.1, 0.15) is 11.4 Å². The van der Waals surface area contributed by atoms with Gasteiger partial charge in [-0.05, 0) is 19.2 Å². The van der Waals surface area contributed by atoms with E-state index >= 15 is 0 Å². The van der Waals surface area contributed by atoms with E-state index in [-0.39, 0.29) is 5.96 Å². The smallest absolute Gasteiger partial charge is 0.191 e. The second-order valence-electron chi connectivity index (χ2n) is 4.68. The number of aliphatic imine (C=N–C) groups is 1. The minimum atomic E-state index is 0.0330. The fourth-order valence-corrected chi connectivity index (χ4v) is 2.16. The van der Waals surface area contributed by atoms with Crippen LogP contribution in [0, 0.1) is 0 Å². The maximum Gasteiger partial charge on any atom is 0.191 e. The normalized spacial score (nSPS) is 16.2. The molecule has 0 spiro atoms. The standard InChI is InChI=1S/C13H21N5O/c1-17-5-7-18(8-6-17)10-3-4-11(16-13(14)15)12(9-10)19-2/h3-4,9H,5-8H2,1-2H3,(H4,14,15,16). The number of anilines is 1. The van der Waals surface area contributed by atoms with Crippen LogP contribution in [0.3, 0.4) is 0 Å². The highest BCUT2D eigenvalue weighted by atomic mass is 16.5. The van der Waals surface area contributed by atoms with Crippen LogP contribution in [0.25, 0.3) is 0 Å². The molecule has 1 aliphatic heterocycles. The Hall–Kier alpha value is -1.95. The Morgan fingerprint density at radius 2 is 1.89 bits per heavy atom. The first-order valence-corrected chi connectivity index (χ1v) is 6.31. The first kappa shape index (κ1) is 13.5. The fourth-order valence-electron chi connectivity index (χ4n) is 2.16. The van der Waals surface area contributed by atoms with Crippen LogP contribution < -0.4 is 21.1 Å². The predicted molar refractivity (Wildman–Crippen MR) is 78.2 cm³/mol. The quantitative estimate of drug-likeness (QED) is 0.607. The summed E-state index contributed by atoms with van der Waals surface area (Å²) in [5.41, 5.74) is 12.6. The number of benzene rings is 1. The monoisotopic (exact) mass is 263 g/mol. The molecule has 104 valence electrons. The summed E-state index contributed by atoms with van der Waals surface area (Å²) in [6, 6.07) is 5.88. The second kappa shape index (κ2) is 5.79. The van der Waals surface area contributed by atoms with E-state index in [1.807, 2.05) is 18.2 Å². The number of likely N-dealkylation sites (N-methyl/N-ethyl adjacent to an activating group) is 1. The average Bonchev–Trinajstić information content (AvgIpc) is 2.39. The van der Waals surface area contributed by atoms with Crippen molar-refractivity contribution >= 4 is 17.3 Å².